The summed E-state index contributed by atoms with van der Waals surface area (Å²) in [5.74, 6) is 0. The number of aromatic amines is 1. The molecule has 132 valence electrons. The van der Waals surface area contributed by atoms with Crippen LogP contribution in [-0.2, 0) is 6.42 Å². The molecular weight excluding hydrogens is 358 g/mol. The Kier molecular flexibility index (Phi) is 3.65. The fraction of sp³-hybridized carbons (Fsp3) is 0.0952. The highest BCUT2D eigenvalue weighted by Gasteiger charge is 2.26. The maximum atomic E-state index is 12.4. The predicted octanol–water partition coefficient (Wildman–Crippen LogP) is 3.62. The number of rotatable bonds is 2. The summed E-state index contributed by atoms with van der Waals surface area (Å²) in [6.45, 7) is 0. The van der Waals surface area contributed by atoms with Crippen molar-refractivity contribution in [2.45, 2.75) is 12.8 Å². The van der Waals surface area contributed by atoms with Gasteiger partial charge in [0.1, 0.15) is 0 Å². The molecule has 0 unspecified atom stereocenters. The van der Waals surface area contributed by atoms with E-state index < -0.39 is 11.0 Å². The van der Waals surface area contributed by atoms with E-state index in [1.165, 1.54) is 11.3 Å². The highest BCUT2D eigenvalue weighted by molar-refractivity contribution is 7.20. The number of nitrogens with one attached hydrogen (secondary N) is 1. The average molecular weight is 373 g/mol. The van der Waals surface area contributed by atoms with Gasteiger partial charge < -0.3 is 0 Å². The van der Waals surface area contributed by atoms with Crippen molar-refractivity contribution in [3.8, 4) is 5.13 Å². The molecule has 4 aromatic rings. The van der Waals surface area contributed by atoms with Gasteiger partial charge in [-0.3, -0.25) is 14.7 Å². The number of para-hydroxylation sites is 1. The van der Waals surface area contributed by atoms with Gasteiger partial charge in [-0.2, -0.15) is 0 Å². The average Bonchev–Trinajstić information content (AvgIpc) is 3.30. The lowest BCUT2D eigenvalue weighted by Crippen LogP contribution is -2.34. The molecule has 1 aliphatic carbocycles. The van der Waals surface area contributed by atoms with Gasteiger partial charge in [0.05, 0.1) is 15.9 Å². The van der Waals surface area contributed by atoms with Crippen molar-refractivity contribution in [1.29, 1.82) is 0 Å². The molecule has 0 atom stereocenters. The summed E-state index contributed by atoms with van der Waals surface area (Å²) in [6, 6.07) is 17.8. The van der Waals surface area contributed by atoms with E-state index in [9.17, 15) is 9.59 Å². The zero-order chi connectivity index (χ0) is 18.4. The Labute approximate surface area is 158 Å². The second-order valence-corrected chi connectivity index (χ2v) is 7.49. The number of thiazole rings is 1. The van der Waals surface area contributed by atoms with Gasteiger partial charge in [0.15, 0.2) is 0 Å². The molecule has 1 N–H and O–H groups in total. The third-order valence-corrected chi connectivity index (χ3v) is 5.79. The second kappa shape index (κ2) is 6.17. The van der Waals surface area contributed by atoms with Gasteiger partial charge in [0.2, 0.25) is 10.6 Å². The van der Waals surface area contributed by atoms with Crippen LogP contribution in [0.5, 0.6) is 0 Å². The van der Waals surface area contributed by atoms with Crippen molar-refractivity contribution >= 4 is 33.2 Å². The summed E-state index contributed by atoms with van der Waals surface area (Å²) in [5.41, 5.74) is 3.26. The van der Waals surface area contributed by atoms with Crippen LogP contribution >= 0.6 is 11.3 Å². The molecule has 0 spiro atoms. The van der Waals surface area contributed by atoms with Crippen LogP contribution in [0.1, 0.15) is 23.2 Å². The molecule has 2 aromatic heterocycles. The number of allylic oxidation sites excluding steroid dienone is 1. The molecule has 2 aromatic carbocycles. The van der Waals surface area contributed by atoms with Crippen molar-refractivity contribution in [1.82, 2.24) is 14.8 Å². The molecule has 1 aliphatic rings. The Balaban J connectivity index is 1.77. The molecule has 0 saturated heterocycles. The predicted molar refractivity (Wildman–Crippen MR) is 108 cm³/mol. The Bertz CT molecular complexity index is 1280. The molecule has 27 heavy (non-hydrogen) atoms. The summed E-state index contributed by atoms with van der Waals surface area (Å²) < 4.78 is 2.72. The molecule has 6 heteroatoms. The molecule has 5 nitrogen and oxygen atoms in total. The number of H-pyrrole nitrogens is 1. The minimum atomic E-state index is -0.603. The van der Waals surface area contributed by atoms with E-state index in [-0.39, 0.29) is 0 Å². The van der Waals surface area contributed by atoms with Crippen molar-refractivity contribution in [3.63, 3.8) is 0 Å². The number of fused-ring (bicyclic) bond motifs is 2. The van der Waals surface area contributed by atoms with Crippen LogP contribution in [0.25, 0.3) is 27.0 Å². The Morgan fingerprint density at radius 1 is 1.00 bits per heavy atom. The van der Waals surface area contributed by atoms with E-state index in [2.05, 4.69) is 16.2 Å². The zero-order valence-electron chi connectivity index (χ0n) is 14.3. The number of hydrogen-bond acceptors (Lipinski definition) is 4. The first-order valence-electron chi connectivity index (χ1n) is 8.71. The smallest absolute Gasteiger partial charge is 0.283 e. The van der Waals surface area contributed by atoms with E-state index in [1.54, 1.807) is 4.68 Å². The van der Waals surface area contributed by atoms with E-state index >= 15 is 0 Å². The third-order valence-electron chi connectivity index (χ3n) is 4.77. The number of benzene rings is 2. The van der Waals surface area contributed by atoms with Crippen molar-refractivity contribution < 1.29 is 0 Å². The highest BCUT2D eigenvalue weighted by Crippen LogP contribution is 2.34. The topological polar surface area (TPSA) is 67.8 Å². The van der Waals surface area contributed by atoms with Crippen LogP contribution in [0.4, 0.5) is 0 Å². The van der Waals surface area contributed by atoms with Gasteiger partial charge in [-0.05, 0) is 42.2 Å². The molecule has 2 heterocycles. The lowest BCUT2D eigenvalue weighted by Gasteiger charge is -2.10. The van der Waals surface area contributed by atoms with Gasteiger partial charge in [0, 0.05) is 5.56 Å². The fourth-order valence-electron chi connectivity index (χ4n) is 3.53. The maximum Gasteiger partial charge on any atom is 0.310 e. The molecule has 0 fully saturated rings. The molecule has 5 rings (SSSR count). The standard InChI is InChI=1S/C21H15N3O2S/c25-19-15-11-10-14(12-13-6-2-1-3-7-13)18(15)24(23-20(19)26)21-22-16-8-4-5-9-17(16)27-21/h1-9,12H,10-11H2,(H,23,26)/b14-12+. The second-order valence-electron chi connectivity index (χ2n) is 6.48. The summed E-state index contributed by atoms with van der Waals surface area (Å²) >= 11 is 1.49. The van der Waals surface area contributed by atoms with Gasteiger partial charge in [-0.1, -0.05) is 53.8 Å². The molecule has 0 amide bonds. The van der Waals surface area contributed by atoms with Gasteiger partial charge in [-0.15, -0.1) is 0 Å². The SMILES string of the molecule is O=c1[nH]n(-c2nc3ccccc3s2)c2c(c1=O)CC/C2=C\c1ccccc1. The minimum Gasteiger partial charge on any atom is -0.283 e. The fourth-order valence-corrected chi connectivity index (χ4v) is 4.46. The lowest BCUT2D eigenvalue weighted by atomic mass is 10.1. The Morgan fingerprint density at radius 3 is 2.59 bits per heavy atom. The molecular formula is C21H15N3O2S. The summed E-state index contributed by atoms with van der Waals surface area (Å²) in [4.78, 5) is 29.3. The van der Waals surface area contributed by atoms with Crippen LogP contribution in [0, 0.1) is 0 Å². The molecule has 0 aliphatic heterocycles. The van der Waals surface area contributed by atoms with Gasteiger partial charge in [-0.25, -0.2) is 9.67 Å². The van der Waals surface area contributed by atoms with E-state index in [1.807, 2.05) is 54.6 Å². The maximum absolute atomic E-state index is 12.4. The largest absolute Gasteiger partial charge is 0.310 e. The molecule has 0 bridgehead atoms. The Morgan fingerprint density at radius 2 is 1.78 bits per heavy atom. The van der Waals surface area contributed by atoms with E-state index in [0.29, 0.717) is 17.1 Å². The van der Waals surface area contributed by atoms with E-state index in [4.69, 9.17) is 0 Å². The normalized spacial score (nSPS) is 14.7. The van der Waals surface area contributed by atoms with Crippen LogP contribution in [0.15, 0.2) is 64.2 Å². The third kappa shape index (κ3) is 2.65. The summed E-state index contributed by atoms with van der Waals surface area (Å²) in [7, 11) is 0. The van der Waals surface area contributed by atoms with E-state index in [0.717, 1.165) is 33.5 Å². The first-order chi connectivity index (χ1) is 13.2. The van der Waals surface area contributed by atoms with Crippen molar-refractivity contribution in [2.75, 3.05) is 0 Å². The lowest BCUT2D eigenvalue weighted by molar-refractivity contribution is 0.786. The highest BCUT2D eigenvalue weighted by atomic mass is 32.1. The van der Waals surface area contributed by atoms with Gasteiger partial charge >= 0.3 is 5.56 Å². The molecule has 0 radical (unpaired) electrons. The zero-order valence-corrected chi connectivity index (χ0v) is 15.1. The van der Waals surface area contributed by atoms with Gasteiger partial charge in [0.25, 0.3) is 0 Å². The minimum absolute atomic E-state index is 0.446. The number of hydrogen-bond donors (Lipinski definition) is 1. The summed E-state index contributed by atoms with van der Waals surface area (Å²) in [5, 5.41) is 3.38. The van der Waals surface area contributed by atoms with Crippen LogP contribution in [0.2, 0.25) is 0 Å². The van der Waals surface area contributed by atoms with Crippen LogP contribution in [0.3, 0.4) is 0 Å². The number of aromatic nitrogens is 3. The van der Waals surface area contributed by atoms with Crippen LogP contribution < -0.4 is 11.0 Å². The number of nitrogens with zero attached hydrogens (tertiary/aromatic N) is 2. The quantitative estimate of drug-likeness (QED) is 0.546. The summed E-state index contributed by atoms with van der Waals surface area (Å²) in [6.07, 6.45) is 3.37. The van der Waals surface area contributed by atoms with Crippen molar-refractivity contribution in [2.24, 2.45) is 0 Å². The first-order valence-corrected chi connectivity index (χ1v) is 9.52. The first kappa shape index (κ1) is 16.0. The Hall–Kier alpha value is -3.25. The van der Waals surface area contributed by atoms with Crippen LogP contribution in [-0.4, -0.2) is 14.8 Å². The monoisotopic (exact) mass is 373 g/mol. The molecule has 0 saturated carbocycles. The van der Waals surface area contributed by atoms with Crippen molar-refractivity contribution in [3.05, 3.63) is 92.0 Å².